The summed E-state index contributed by atoms with van der Waals surface area (Å²) in [6.45, 7) is 4.15. The normalized spacial score (nSPS) is 18.8. The van der Waals surface area contributed by atoms with Crippen molar-refractivity contribution in [3.8, 4) is 23.1 Å². The number of nitrogens with two attached hydrogens (primary N) is 1. The summed E-state index contributed by atoms with van der Waals surface area (Å²) in [4.78, 5) is 36.6. The third-order valence-corrected chi connectivity index (χ3v) is 6.90. The van der Waals surface area contributed by atoms with E-state index in [2.05, 4.69) is 34.5 Å². The van der Waals surface area contributed by atoms with E-state index in [1.165, 1.54) is 17.7 Å². The number of methoxy groups -OCH3 is 2. The van der Waals surface area contributed by atoms with Gasteiger partial charge < -0.3 is 24.3 Å². The molecule has 192 valence electrons. The summed E-state index contributed by atoms with van der Waals surface area (Å²) < 4.78 is 14.4. The number of anilines is 1. The Morgan fingerprint density at radius 3 is 2.54 bits per heavy atom. The molecule has 1 unspecified atom stereocenters. The zero-order valence-electron chi connectivity index (χ0n) is 21.5. The van der Waals surface area contributed by atoms with E-state index >= 15 is 0 Å². The fourth-order valence-electron chi connectivity index (χ4n) is 5.22. The predicted molar refractivity (Wildman–Crippen MR) is 140 cm³/mol. The van der Waals surface area contributed by atoms with Crippen molar-refractivity contribution in [2.45, 2.75) is 32.4 Å². The molecule has 1 aliphatic heterocycles. The summed E-state index contributed by atoms with van der Waals surface area (Å²) >= 11 is 0. The number of aryl methyl sites for hydroxylation is 1. The highest BCUT2D eigenvalue weighted by molar-refractivity contribution is 6.11. The number of carbonyl (C=O) groups is 1. The Morgan fingerprint density at radius 1 is 1.14 bits per heavy atom. The average Bonchev–Trinajstić information content (AvgIpc) is 3.41. The molecular weight excluding hydrogens is 472 g/mol. The Hall–Kier alpha value is -4.34. The Kier molecular flexibility index (Phi) is 6.10. The van der Waals surface area contributed by atoms with Gasteiger partial charge in [-0.05, 0) is 38.5 Å². The van der Waals surface area contributed by atoms with Crippen LogP contribution in [0.2, 0.25) is 0 Å². The van der Waals surface area contributed by atoms with Gasteiger partial charge in [0.05, 0.1) is 48.5 Å². The van der Waals surface area contributed by atoms with E-state index in [0.29, 0.717) is 34.8 Å². The smallest absolute Gasteiger partial charge is 0.319 e. The van der Waals surface area contributed by atoms with Crippen LogP contribution in [0.3, 0.4) is 0 Å². The largest absolute Gasteiger partial charge is 0.480 e. The predicted octanol–water partition coefficient (Wildman–Crippen LogP) is 3.36. The lowest BCUT2D eigenvalue weighted by atomic mass is 9.89. The molecule has 3 aromatic heterocycles. The van der Waals surface area contributed by atoms with Crippen molar-refractivity contribution in [2.75, 3.05) is 19.1 Å². The molecule has 5 rings (SSSR count). The number of amides is 1. The molecule has 0 fully saturated rings. The second-order valence-electron chi connectivity index (χ2n) is 9.49. The van der Waals surface area contributed by atoms with Crippen LogP contribution in [0.5, 0.6) is 11.9 Å². The summed E-state index contributed by atoms with van der Waals surface area (Å²) in [5.41, 5.74) is 10.2. The first-order chi connectivity index (χ1) is 17.7. The zero-order chi connectivity index (χ0) is 26.4. The lowest BCUT2D eigenvalue weighted by Gasteiger charge is -2.33. The number of aromatic nitrogens is 4. The SMILES string of the molecule is COc1ncc(-c2cc3c(n2C(C)C)[C@H](C2C=CC(N)=CC2)N(c2ccc(=O)n(C)c2)C3=O)c(OC)n1. The minimum atomic E-state index is -0.318. The van der Waals surface area contributed by atoms with E-state index in [-0.39, 0.29) is 35.5 Å². The molecule has 37 heavy (non-hydrogen) atoms. The van der Waals surface area contributed by atoms with Gasteiger partial charge in [-0.25, -0.2) is 4.98 Å². The molecule has 2 N–H and O–H groups in total. The molecule has 10 nitrogen and oxygen atoms in total. The monoisotopic (exact) mass is 502 g/mol. The van der Waals surface area contributed by atoms with E-state index < -0.39 is 0 Å². The van der Waals surface area contributed by atoms with Gasteiger partial charge in [0.25, 0.3) is 5.91 Å². The first-order valence-corrected chi connectivity index (χ1v) is 12.1. The van der Waals surface area contributed by atoms with E-state index in [1.54, 1.807) is 37.5 Å². The van der Waals surface area contributed by atoms with Gasteiger partial charge >= 0.3 is 6.01 Å². The van der Waals surface area contributed by atoms with Crippen LogP contribution in [0.1, 0.15) is 48.4 Å². The number of ether oxygens (including phenoxy) is 2. The molecule has 0 spiro atoms. The van der Waals surface area contributed by atoms with Crippen LogP contribution in [-0.4, -0.2) is 39.2 Å². The van der Waals surface area contributed by atoms with Crippen LogP contribution in [-0.2, 0) is 7.05 Å². The van der Waals surface area contributed by atoms with Crippen molar-refractivity contribution in [3.05, 3.63) is 76.1 Å². The highest BCUT2D eigenvalue weighted by atomic mass is 16.5. The third kappa shape index (κ3) is 3.98. The molecule has 10 heteroatoms. The number of pyridine rings is 1. The van der Waals surface area contributed by atoms with Crippen molar-refractivity contribution in [2.24, 2.45) is 18.7 Å². The van der Waals surface area contributed by atoms with Crippen molar-refractivity contribution in [1.29, 1.82) is 0 Å². The summed E-state index contributed by atoms with van der Waals surface area (Å²) in [7, 11) is 4.72. The molecular formula is C27H30N6O4. The van der Waals surface area contributed by atoms with Gasteiger partial charge in [0.15, 0.2) is 0 Å². The summed E-state index contributed by atoms with van der Waals surface area (Å²) in [5, 5.41) is 0. The summed E-state index contributed by atoms with van der Waals surface area (Å²) in [6.07, 6.45) is 9.97. The van der Waals surface area contributed by atoms with Gasteiger partial charge in [-0.2, -0.15) is 4.98 Å². The molecule has 0 aromatic carbocycles. The standard InChI is InChI=1S/C27H30N6O4/c1-15(2)32-21(20-13-29-27(37-5)30-25(20)36-4)12-19-24(32)23(16-6-8-17(28)9-7-16)33(26(19)35)18-10-11-22(34)31(3)14-18/h6,8-16,23H,7,28H2,1-5H3/t16?,23-/m0/s1. The van der Waals surface area contributed by atoms with Gasteiger partial charge in [0, 0.05) is 43.2 Å². The topological polar surface area (TPSA) is 118 Å². The molecule has 2 aliphatic rings. The number of nitrogens with zero attached hydrogens (tertiary/aromatic N) is 5. The van der Waals surface area contributed by atoms with Crippen molar-refractivity contribution >= 4 is 11.6 Å². The second-order valence-corrected chi connectivity index (χ2v) is 9.49. The minimum Gasteiger partial charge on any atom is -0.480 e. The zero-order valence-corrected chi connectivity index (χ0v) is 21.5. The maximum absolute atomic E-state index is 14.1. The molecule has 4 heterocycles. The molecule has 1 amide bonds. The summed E-state index contributed by atoms with van der Waals surface area (Å²) in [5.74, 6) is 0.199. The third-order valence-electron chi connectivity index (χ3n) is 6.90. The molecule has 3 aromatic rings. The average molecular weight is 503 g/mol. The molecule has 0 radical (unpaired) electrons. The van der Waals surface area contributed by atoms with Crippen molar-refractivity contribution in [3.63, 3.8) is 0 Å². The fourth-order valence-corrected chi connectivity index (χ4v) is 5.22. The number of rotatable bonds is 6. The highest BCUT2D eigenvalue weighted by Gasteiger charge is 2.45. The van der Waals surface area contributed by atoms with E-state index in [0.717, 1.165) is 11.4 Å². The molecule has 2 atom stereocenters. The Bertz CT molecular complexity index is 1500. The Labute approximate surface area is 214 Å². The Morgan fingerprint density at radius 2 is 1.92 bits per heavy atom. The first kappa shape index (κ1) is 24.4. The lowest BCUT2D eigenvalue weighted by molar-refractivity contribution is 0.0987. The second kappa shape index (κ2) is 9.27. The number of carbonyl (C=O) groups excluding carboxylic acids is 1. The Balaban J connectivity index is 1.73. The number of hydrogen-bond donors (Lipinski definition) is 1. The molecule has 0 saturated heterocycles. The van der Waals surface area contributed by atoms with Gasteiger partial charge in [-0.15, -0.1) is 0 Å². The van der Waals surface area contributed by atoms with Crippen molar-refractivity contribution < 1.29 is 14.3 Å². The molecule has 0 saturated carbocycles. The van der Waals surface area contributed by atoms with E-state index in [4.69, 9.17) is 15.2 Å². The van der Waals surface area contributed by atoms with Gasteiger partial charge in [0.2, 0.25) is 11.4 Å². The number of fused-ring (bicyclic) bond motifs is 1. The fraction of sp³-hybridized carbons (Fsp3) is 0.333. The van der Waals surface area contributed by atoms with Gasteiger partial charge in [-0.1, -0.05) is 12.2 Å². The van der Waals surface area contributed by atoms with Crippen LogP contribution in [0.4, 0.5) is 5.69 Å². The highest BCUT2D eigenvalue weighted by Crippen LogP contribution is 2.48. The molecule has 0 bridgehead atoms. The van der Waals surface area contributed by atoms with Crippen LogP contribution < -0.4 is 25.7 Å². The maximum Gasteiger partial charge on any atom is 0.319 e. The lowest BCUT2D eigenvalue weighted by Crippen LogP contribution is -2.34. The maximum atomic E-state index is 14.1. The van der Waals surface area contributed by atoms with Crippen LogP contribution in [0.25, 0.3) is 11.3 Å². The minimum absolute atomic E-state index is 0.00844. The van der Waals surface area contributed by atoms with Crippen LogP contribution in [0, 0.1) is 5.92 Å². The quantitative estimate of drug-likeness (QED) is 0.549. The van der Waals surface area contributed by atoms with Gasteiger partial charge in [-0.3, -0.25) is 14.5 Å². The first-order valence-electron chi connectivity index (χ1n) is 12.1. The number of hydrogen-bond acceptors (Lipinski definition) is 7. The van der Waals surface area contributed by atoms with E-state index in [9.17, 15) is 9.59 Å². The van der Waals surface area contributed by atoms with Crippen LogP contribution >= 0.6 is 0 Å². The van der Waals surface area contributed by atoms with Crippen molar-refractivity contribution in [1.82, 2.24) is 19.1 Å². The van der Waals surface area contributed by atoms with Crippen LogP contribution in [0.15, 0.2) is 59.3 Å². The summed E-state index contributed by atoms with van der Waals surface area (Å²) in [6, 6.07) is 4.96. The molecule has 1 aliphatic carbocycles. The number of allylic oxidation sites excluding steroid dienone is 2. The van der Waals surface area contributed by atoms with Gasteiger partial charge in [0.1, 0.15) is 0 Å². The van der Waals surface area contributed by atoms with E-state index in [1.807, 2.05) is 18.2 Å².